The highest BCUT2D eigenvalue weighted by molar-refractivity contribution is 5.81. The Hall–Kier alpha value is -1.39. The monoisotopic (exact) mass is 264 g/mol. The van der Waals surface area contributed by atoms with Gasteiger partial charge in [0.15, 0.2) is 0 Å². The van der Waals surface area contributed by atoms with E-state index in [-0.39, 0.29) is 12.5 Å². The smallest absolute Gasteiger partial charge is 0.237 e. The van der Waals surface area contributed by atoms with Crippen LogP contribution >= 0.6 is 0 Å². The standard InChI is InChI=1S/C15H24N2O2/c1-10(2)8-13(16)15(19)17-9-14(18)12-6-4-11(3)5-7-12/h4-7,10,13-14,18H,8-9,16H2,1-3H3,(H,17,19)/t13-,14?/m0/s1. The van der Waals surface area contributed by atoms with Crippen LogP contribution in [0.1, 0.15) is 37.5 Å². The second-order valence-corrected chi connectivity index (χ2v) is 5.41. The van der Waals surface area contributed by atoms with E-state index in [1.165, 1.54) is 0 Å². The summed E-state index contributed by atoms with van der Waals surface area (Å²) in [7, 11) is 0. The van der Waals surface area contributed by atoms with Crippen molar-refractivity contribution in [1.29, 1.82) is 0 Å². The molecular formula is C15H24N2O2. The highest BCUT2D eigenvalue weighted by Crippen LogP contribution is 2.12. The van der Waals surface area contributed by atoms with Crippen LogP contribution < -0.4 is 11.1 Å². The number of aryl methyl sites for hydroxylation is 1. The molecule has 1 rings (SSSR count). The molecule has 0 fully saturated rings. The van der Waals surface area contributed by atoms with Crippen LogP contribution in [-0.2, 0) is 4.79 Å². The number of aliphatic hydroxyl groups is 1. The largest absolute Gasteiger partial charge is 0.387 e. The van der Waals surface area contributed by atoms with Crippen molar-refractivity contribution in [2.75, 3.05) is 6.54 Å². The Morgan fingerprint density at radius 3 is 2.42 bits per heavy atom. The second-order valence-electron chi connectivity index (χ2n) is 5.41. The van der Waals surface area contributed by atoms with Gasteiger partial charge in [0, 0.05) is 6.54 Å². The van der Waals surface area contributed by atoms with Crippen LogP contribution in [0.25, 0.3) is 0 Å². The molecule has 4 heteroatoms. The van der Waals surface area contributed by atoms with Gasteiger partial charge in [0.1, 0.15) is 0 Å². The lowest BCUT2D eigenvalue weighted by Gasteiger charge is -2.16. The Kier molecular flexibility index (Phi) is 5.99. The van der Waals surface area contributed by atoms with E-state index in [4.69, 9.17) is 5.73 Å². The van der Waals surface area contributed by atoms with E-state index in [1.54, 1.807) is 0 Å². The molecule has 1 aromatic rings. The Balaban J connectivity index is 2.43. The van der Waals surface area contributed by atoms with Crippen molar-refractivity contribution in [3.8, 4) is 0 Å². The fourth-order valence-electron chi connectivity index (χ4n) is 1.85. The van der Waals surface area contributed by atoms with E-state index >= 15 is 0 Å². The summed E-state index contributed by atoms with van der Waals surface area (Å²) in [5.74, 6) is 0.169. The van der Waals surface area contributed by atoms with E-state index in [0.717, 1.165) is 11.1 Å². The number of rotatable bonds is 6. The maximum Gasteiger partial charge on any atom is 0.237 e. The van der Waals surface area contributed by atoms with Crippen molar-refractivity contribution >= 4 is 5.91 Å². The predicted molar refractivity (Wildman–Crippen MR) is 76.6 cm³/mol. The van der Waals surface area contributed by atoms with Gasteiger partial charge in [-0.25, -0.2) is 0 Å². The van der Waals surface area contributed by atoms with Gasteiger partial charge in [-0.15, -0.1) is 0 Å². The highest BCUT2D eigenvalue weighted by Gasteiger charge is 2.16. The lowest BCUT2D eigenvalue weighted by atomic mass is 10.0. The lowest BCUT2D eigenvalue weighted by molar-refractivity contribution is -0.123. The molecule has 0 aromatic heterocycles. The van der Waals surface area contributed by atoms with Crippen molar-refractivity contribution in [2.24, 2.45) is 11.7 Å². The molecule has 1 amide bonds. The van der Waals surface area contributed by atoms with Gasteiger partial charge in [0.25, 0.3) is 0 Å². The summed E-state index contributed by atoms with van der Waals surface area (Å²) < 4.78 is 0. The number of nitrogens with two attached hydrogens (primary N) is 1. The van der Waals surface area contributed by atoms with Gasteiger partial charge in [-0.2, -0.15) is 0 Å². The summed E-state index contributed by atoms with van der Waals surface area (Å²) in [5.41, 5.74) is 7.70. The first-order valence-corrected chi connectivity index (χ1v) is 6.68. The molecule has 4 nitrogen and oxygen atoms in total. The summed E-state index contributed by atoms with van der Waals surface area (Å²) in [5, 5.41) is 12.7. The van der Waals surface area contributed by atoms with Crippen LogP contribution in [0, 0.1) is 12.8 Å². The summed E-state index contributed by atoms with van der Waals surface area (Å²) >= 11 is 0. The third kappa shape index (κ3) is 5.41. The van der Waals surface area contributed by atoms with Crippen molar-refractivity contribution < 1.29 is 9.90 Å². The van der Waals surface area contributed by atoms with E-state index < -0.39 is 12.1 Å². The first-order valence-electron chi connectivity index (χ1n) is 6.68. The topological polar surface area (TPSA) is 75.3 Å². The molecule has 1 aromatic carbocycles. The van der Waals surface area contributed by atoms with Gasteiger partial charge in [0.2, 0.25) is 5.91 Å². The lowest BCUT2D eigenvalue weighted by Crippen LogP contribution is -2.42. The summed E-state index contributed by atoms with van der Waals surface area (Å²) in [6.07, 6.45) is -0.0530. The first-order chi connectivity index (χ1) is 8.90. The fourth-order valence-corrected chi connectivity index (χ4v) is 1.85. The van der Waals surface area contributed by atoms with Gasteiger partial charge in [-0.3, -0.25) is 4.79 Å². The molecule has 4 N–H and O–H groups in total. The number of benzene rings is 1. The molecular weight excluding hydrogens is 240 g/mol. The van der Waals surface area contributed by atoms with Gasteiger partial charge in [0.05, 0.1) is 12.1 Å². The Bertz CT molecular complexity index is 401. The molecule has 0 aliphatic heterocycles. The normalized spacial score (nSPS) is 14.2. The predicted octanol–water partition coefficient (Wildman–Crippen LogP) is 1.52. The van der Waals surface area contributed by atoms with Gasteiger partial charge in [-0.05, 0) is 24.8 Å². The van der Waals surface area contributed by atoms with E-state index in [0.29, 0.717) is 12.3 Å². The van der Waals surface area contributed by atoms with Crippen LogP contribution in [0.4, 0.5) is 0 Å². The van der Waals surface area contributed by atoms with Crippen LogP contribution in [0.2, 0.25) is 0 Å². The minimum absolute atomic E-state index is 0.188. The van der Waals surface area contributed by atoms with E-state index in [2.05, 4.69) is 5.32 Å². The molecule has 0 bridgehead atoms. The van der Waals surface area contributed by atoms with Gasteiger partial charge in [-0.1, -0.05) is 43.7 Å². The molecule has 19 heavy (non-hydrogen) atoms. The third-order valence-corrected chi connectivity index (χ3v) is 2.99. The van der Waals surface area contributed by atoms with Crippen molar-refractivity contribution in [3.05, 3.63) is 35.4 Å². The van der Waals surface area contributed by atoms with Crippen LogP contribution in [-0.4, -0.2) is 23.6 Å². The highest BCUT2D eigenvalue weighted by atomic mass is 16.3. The van der Waals surface area contributed by atoms with E-state index in [1.807, 2.05) is 45.0 Å². The van der Waals surface area contributed by atoms with Crippen molar-refractivity contribution in [1.82, 2.24) is 5.32 Å². The summed E-state index contributed by atoms with van der Waals surface area (Å²) in [4.78, 5) is 11.7. The van der Waals surface area contributed by atoms with Crippen molar-refractivity contribution in [2.45, 2.75) is 39.3 Å². The number of carbonyl (C=O) groups excluding carboxylic acids is 1. The molecule has 0 heterocycles. The molecule has 0 radical (unpaired) electrons. The Morgan fingerprint density at radius 2 is 1.89 bits per heavy atom. The van der Waals surface area contributed by atoms with Gasteiger partial charge >= 0.3 is 0 Å². The van der Waals surface area contributed by atoms with Crippen LogP contribution in [0.3, 0.4) is 0 Å². The average Bonchev–Trinajstić information content (AvgIpc) is 2.35. The first kappa shape index (κ1) is 15.7. The molecule has 106 valence electrons. The number of amides is 1. The summed E-state index contributed by atoms with van der Waals surface area (Å²) in [6.45, 7) is 6.22. The molecule has 0 aliphatic carbocycles. The minimum Gasteiger partial charge on any atom is -0.387 e. The molecule has 0 saturated carbocycles. The number of nitrogens with one attached hydrogen (secondary N) is 1. The molecule has 0 saturated heterocycles. The summed E-state index contributed by atoms with van der Waals surface area (Å²) in [6, 6.07) is 7.08. The molecule has 1 unspecified atom stereocenters. The van der Waals surface area contributed by atoms with E-state index in [9.17, 15) is 9.90 Å². The third-order valence-electron chi connectivity index (χ3n) is 2.99. The maximum atomic E-state index is 11.7. The molecule has 0 aliphatic rings. The second kappa shape index (κ2) is 7.26. The number of aliphatic hydroxyl groups excluding tert-OH is 1. The van der Waals surface area contributed by atoms with Crippen LogP contribution in [0.15, 0.2) is 24.3 Å². The number of hydrogen-bond acceptors (Lipinski definition) is 3. The zero-order chi connectivity index (χ0) is 14.4. The van der Waals surface area contributed by atoms with Gasteiger partial charge < -0.3 is 16.2 Å². The Morgan fingerprint density at radius 1 is 1.32 bits per heavy atom. The SMILES string of the molecule is Cc1ccc(C(O)CNC(=O)[C@@H](N)CC(C)C)cc1. The quantitative estimate of drug-likeness (QED) is 0.729. The number of carbonyl (C=O) groups is 1. The Labute approximate surface area is 115 Å². The molecule has 2 atom stereocenters. The molecule has 0 spiro atoms. The maximum absolute atomic E-state index is 11.7. The minimum atomic E-state index is -0.698. The van der Waals surface area contributed by atoms with Crippen LogP contribution in [0.5, 0.6) is 0 Å². The zero-order valence-corrected chi connectivity index (χ0v) is 11.9. The average molecular weight is 264 g/mol. The van der Waals surface area contributed by atoms with Crippen molar-refractivity contribution in [3.63, 3.8) is 0 Å². The number of hydrogen-bond donors (Lipinski definition) is 3. The fraction of sp³-hybridized carbons (Fsp3) is 0.533. The zero-order valence-electron chi connectivity index (χ0n) is 11.9.